The zero-order valence-electron chi connectivity index (χ0n) is 36.6. The predicted octanol–water partition coefficient (Wildman–Crippen LogP) is 6.17. The van der Waals surface area contributed by atoms with Gasteiger partial charge in [-0.2, -0.15) is 4.31 Å². The number of sulfone groups is 1. The van der Waals surface area contributed by atoms with Gasteiger partial charge in [-0.25, -0.2) is 30.7 Å². The van der Waals surface area contributed by atoms with Crippen LogP contribution in [0.15, 0.2) is 107 Å². The van der Waals surface area contributed by atoms with E-state index in [1.807, 2.05) is 0 Å². The summed E-state index contributed by atoms with van der Waals surface area (Å²) in [6.07, 6.45) is -0.722. The van der Waals surface area contributed by atoms with Crippen LogP contribution in [0, 0.1) is 5.82 Å². The van der Waals surface area contributed by atoms with Gasteiger partial charge < -0.3 is 35.3 Å². The SMILES string of the molecule is COc1ccc(CN(Cc2ccc(OC)cc2)S(=O)(=O)c2c(S(=O)(=O)C3CN(C(=O)OC(C)(C)C)C3)ccc(-c3ccc(F)c(N)c3N)c2-c2nnnn2Cc2ccc(OC)cc2)cc1. The summed E-state index contributed by atoms with van der Waals surface area (Å²) in [5.74, 6) is 0.657. The first-order valence-electron chi connectivity index (χ1n) is 20.2. The number of carbonyl (C=O) groups is 1. The number of nitrogen functional groups attached to an aromatic ring is 2. The second-order valence-corrected chi connectivity index (χ2v) is 20.3. The lowest BCUT2D eigenvalue weighted by atomic mass is 9.96. The minimum atomic E-state index is -5.02. The summed E-state index contributed by atoms with van der Waals surface area (Å²) in [6, 6.07) is 25.4. The quantitative estimate of drug-likeness (QED) is 0.110. The number of nitrogens with two attached hydrogens (primary N) is 2. The van der Waals surface area contributed by atoms with Gasteiger partial charge in [-0.1, -0.05) is 42.5 Å². The molecule has 0 radical (unpaired) electrons. The molecule has 20 heteroatoms. The molecular formula is C45H49FN8O9S2. The highest BCUT2D eigenvalue weighted by molar-refractivity contribution is 7.94. The van der Waals surface area contributed by atoms with Gasteiger partial charge in [-0.3, -0.25) is 0 Å². The van der Waals surface area contributed by atoms with Gasteiger partial charge in [-0.05, 0) is 108 Å². The van der Waals surface area contributed by atoms with Gasteiger partial charge in [-0.15, -0.1) is 5.10 Å². The number of nitrogens with zero attached hydrogens (tertiary/aromatic N) is 6. The van der Waals surface area contributed by atoms with Crippen molar-refractivity contribution in [3.8, 4) is 39.8 Å². The molecule has 2 heterocycles. The third-order valence-electron chi connectivity index (χ3n) is 10.8. The Hall–Kier alpha value is -6.77. The van der Waals surface area contributed by atoms with E-state index in [2.05, 4.69) is 15.5 Å². The summed E-state index contributed by atoms with van der Waals surface area (Å²) in [5, 5.41) is 11.3. The summed E-state index contributed by atoms with van der Waals surface area (Å²) in [5.41, 5.74) is 12.8. The molecule has 7 rings (SSSR count). The lowest BCUT2D eigenvalue weighted by molar-refractivity contribution is 0.0139. The fourth-order valence-corrected chi connectivity index (χ4v) is 11.3. The number of methoxy groups -OCH3 is 3. The Morgan fingerprint density at radius 3 is 1.75 bits per heavy atom. The zero-order chi connectivity index (χ0) is 46.8. The second kappa shape index (κ2) is 18.4. The number of tetrazole rings is 1. The molecule has 0 aliphatic carbocycles. The number of sulfonamides is 1. The molecule has 1 aromatic heterocycles. The van der Waals surface area contributed by atoms with Crippen molar-refractivity contribution < 1.29 is 45.0 Å². The minimum Gasteiger partial charge on any atom is -0.497 e. The number of anilines is 2. The Labute approximate surface area is 376 Å². The highest BCUT2D eigenvalue weighted by Gasteiger charge is 2.46. The minimum absolute atomic E-state index is 0.0157. The Kier molecular flexibility index (Phi) is 13.1. The zero-order valence-corrected chi connectivity index (χ0v) is 38.2. The van der Waals surface area contributed by atoms with Gasteiger partial charge in [0.1, 0.15) is 38.8 Å². The van der Waals surface area contributed by atoms with Crippen LogP contribution in [0.5, 0.6) is 17.2 Å². The number of hydrogen-bond donors (Lipinski definition) is 2. The number of aromatic nitrogens is 4. The highest BCUT2D eigenvalue weighted by atomic mass is 32.2. The first-order valence-corrected chi connectivity index (χ1v) is 23.2. The third-order valence-corrected chi connectivity index (χ3v) is 14.9. The fourth-order valence-electron chi connectivity index (χ4n) is 7.24. The van der Waals surface area contributed by atoms with Crippen molar-refractivity contribution in [2.75, 3.05) is 45.9 Å². The first-order chi connectivity index (χ1) is 30.8. The molecule has 0 atom stereocenters. The molecule has 0 unspecified atom stereocenters. The Bertz CT molecular complexity index is 2870. The fraction of sp³-hybridized carbons (Fsp3) is 0.289. The summed E-state index contributed by atoms with van der Waals surface area (Å²) >= 11 is 0. The molecule has 6 aromatic rings. The van der Waals surface area contributed by atoms with Crippen LogP contribution in [0.1, 0.15) is 37.5 Å². The smallest absolute Gasteiger partial charge is 0.410 e. The van der Waals surface area contributed by atoms with E-state index in [0.29, 0.717) is 33.9 Å². The van der Waals surface area contributed by atoms with Crippen molar-refractivity contribution in [1.82, 2.24) is 29.4 Å². The number of likely N-dealkylation sites (tertiary alicyclic amines) is 1. The van der Waals surface area contributed by atoms with E-state index in [4.69, 9.17) is 30.4 Å². The van der Waals surface area contributed by atoms with E-state index in [0.717, 1.165) is 10.4 Å². The van der Waals surface area contributed by atoms with Crippen LogP contribution in [0.3, 0.4) is 0 Å². The maximum absolute atomic E-state index is 16.1. The number of hydrogen-bond acceptors (Lipinski definition) is 14. The number of ether oxygens (including phenoxy) is 4. The average Bonchev–Trinajstić information content (AvgIpc) is 3.72. The largest absolute Gasteiger partial charge is 0.497 e. The van der Waals surface area contributed by atoms with E-state index >= 15 is 16.8 Å². The number of halogens is 1. The van der Waals surface area contributed by atoms with Crippen molar-refractivity contribution in [3.05, 3.63) is 120 Å². The average molecular weight is 929 g/mol. The van der Waals surface area contributed by atoms with E-state index in [9.17, 15) is 9.18 Å². The van der Waals surface area contributed by atoms with Gasteiger partial charge in [0.2, 0.25) is 10.0 Å². The Morgan fingerprint density at radius 2 is 1.25 bits per heavy atom. The van der Waals surface area contributed by atoms with Crippen molar-refractivity contribution in [3.63, 3.8) is 0 Å². The Balaban J connectivity index is 1.51. The van der Waals surface area contributed by atoms with Crippen LogP contribution in [0.25, 0.3) is 22.5 Å². The highest BCUT2D eigenvalue weighted by Crippen LogP contribution is 2.46. The lowest BCUT2D eigenvalue weighted by Gasteiger charge is -2.39. The maximum Gasteiger partial charge on any atom is 0.410 e. The molecule has 1 aliphatic rings. The van der Waals surface area contributed by atoms with E-state index in [1.54, 1.807) is 93.6 Å². The molecule has 0 saturated carbocycles. The molecule has 4 N–H and O–H groups in total. The van der Waals surface area contributed by atoms with Gasteiger partial charge in [0, 0.05) is 31.7 Å². The summed E-state index contributed by atoms with van der Waals surface area (Å²) in [6.45, 7) is 3.97. The van der Waals surface area contributed by atoms with E-state index in [-0.39, 0.29) is 60.9 Å². The van der Waals surface area contributed by atoms with Crippen molar-refractivity contribution in [2.45, 2.75) is 61.0 Å². The van der Waals surface area contributed by atoms with E-state index < -0.39 is 58.1 Å². The molecule has 1 aliphatic heterocycles. The van der Waals surface area contributed by atoms with Crippen LogP contribution in [0.4, 0.5) is 20.6 Å². The molecule has 342 valence electrons. The first kappa shape index (κ1) is 46.2. The summed E-state index contributed by atoms with van der Waals surface area (Å²) in [4.78, 5) is 13.0. The summed E-state index contributed by atoms with van der Waals surface area (Å²) < 4.78 is 101. The second-order valence-electron chi connectivity index (χ2n) is 16.3. The molecule has 17 nitrogen and oxygen atoms in total. The van der Waals surface area contributed by atoms with Crippen molar-refractivity contribution >= 4 is 37.3 Å². The van der Waals surface area contributed by atoms with Crippen LogP contribution in [-0.4, -0.2) is 97.6 Å². The standard InChI is InChI=1S/C45H49FN8O9S2/c1-45(2,3)63-44(55)52-26-34(27-52)64(56,57)38-22-20-35(36-19-21-37(46)41(48)40(36)47)39(43-49-50-51-54(43)25-30-11-17-33(62-6)18-12-30)42(38)65(58,59)53(23-28-7-13-31(60-4)14-8-28)24-29-9-15-32(61-5)16-10-29/h7-22,34H,23-27,47-48H2,1-6H3. The Morgan fingerprint density at radius 1 is 0.738 bits per heavy atom. The molecule has 65 heavy (non-hydrogen) atoms. The van der Waals surface area contributed by atoms with Gasteiger partial charge >= 0.3 is 6.09 Å². The van der Waals surface area contributed by atoms with Gasteiger partial charge in [0.05, 0.1) is 49.7 Å². The molecule has 1 fully saturated rings. The molecule has 0 bridgehead atoms. The number of amides is 1. The number of carbonyl (C=O) groups excluding carboxylic acids is 1. The maximum atomic E-state index is 16.1. The predicted molar refractivity (Wildman–Crippen MR) is 241 cm³/mol. The van der Waals surface area contributed by atoms with E-state index in [1.165, 1.54) is 49.1 Å². The van der Waals surface area contributed by atoms with Crippen LogP contribution in [-0.2, 0) is 44.2 Å². The van der Waals surface area contributed by atoms with Gasteiger partial charge in [0.15, 0.2) is 15.7 Å². The van der Waals surface area contributed by atoms with Crippen LogP contribution in [0.2, 0.25) is 0 Å². The van der Waals surface area contributed by atoms with Crippen LogP contribution < -0.4 is 25.7 Å². The summed E-state index contributed by atoms with van der Waals surface area (Å²) in [7, 11) is -5.12. The topological polar surface area (TPSA) is 224 Å². The van der Waals surface area contributed by atoms with Crippen LogP contribution >= 0.6 is 0 Å². The number of rotatable bonds is 15. The monoisotopic (exact) mass is 928 g/mol. The molecule has 0 spiro atoms. The van der Waals surface area contributed by atoms with Crippen molar-refractivity contribution in [1.29, 1.82) is 0 Å². The van der Waals surface area contributed by atoms with Crippen molar-refractivity contribution in [2.24, 2.45) is 0 Å². The number of benzene rings is 5. The third kappa shape index (κ3) is 9.69. The normalized spacial score (nSPS) is 13.4. The van der Waals surface area contributed by atoms with Gasteiger partial charge in [0.25, 0.3) is 0 Å². The molecule has 1 saturated heterocycles. The molecular weight excluding hydrogens is 880 g/mol. The molecule has 1 amide bonds. The lowest BCUT2D eigenvalue weighted by Crippen LogP contribution is -2.57. The molecule has 5 aromatic carbocycles.